The Morgan fingerprint density at radius 3 is 2.64 bits per heavy atom. The molecule has 0 unspecified atom stereocenters. The number of hydrogen-bond acceptors (Lipinski definition) is 8. The molecule has 0 saturated carbocycles. The molecule has 1 N–H and O–H groups in total. The Bertz CT molecular complexity index is 1280. The van der Waals surface area contributed by atoms with Gasteiger partial charge in [0.15, 0.2) is 11.5 Å². The van der Waals surface area contributed by atoms with E-state index in [4.69, 9.17) is 25.8 Å². The van der Waals surface area contributed by atoms with Gasteiger partial charge >= 0.3 is 0 Å². The molecule has 3 aromatic rings. The summed E-state index contributed by atoms with van der Waals surface area (Å²) in [7, 11) is 1.48. The quantitative estimate of drug-likeness (QED) is 0.194. The van der Waals surface area contributed by atoms with Crippen LogP contribution in [0.15, 0.2) is 42.0 Å². The SMILES string of the molecule is COc1cc(/C=C(/C#N)C(=O)Nc2nnc(CC(C)C)s2)cc(Cl)c1OCCOc1ccccc1C. The van der Waals surface area contributed by atoms with Crippen LogP contribution in [0.5, 0.6) is 17.2 Å². The van der Waals surface area contributed by atoms with Crippen molar-refractivity contribution in [1.82, 2.24) is 10.2 Å². The molecular formula is C26H27ClN4O4S. The van der Waals surface area contributed by atoms with Crippen molar-refractivity contribution in [3.05, 3.63) is 63.1 Å². The molecule has 1 heterocycles. The average molecular weight is 527 g/mol. The lowest BCUT2D eigenvalue weighted by molar-refractivity contribution is -0.112. The van der Waals surface area contributed by atoms with Crippen molar-refractivity contribution >= 4 is 40.1 Å². The van der Waals surface area contributed by atoms with Crippen molar-refractivity contribution in [2.24, 2.45) is 5.92 Å². The number of carbonyl (C=O) groups is 1. The Morgan fingerprint density at radius 2 is 1.94 bits per heavy atom. The lowest BCUT2D eigenvalue weighted by Crippen LogP contribution is -2.13. The van der Waals surface area contributed by atoms with E-state index >= 15 is 0 Å². The number of halogens is 1. The zero-order chi connectivity index (χ0) is 26.1. The van der Waals surface area contributed by atoms with Gasteiger partial charge in [-0.2, -0.15) is 5.26 Å². The minimum Gasteiger partial charge on any atom is -0.493 e. The van der Waals surface area contributed by atoms with Crippen LogP contribution in [-0.4, -0.2) is 36.4 Å². The van der Waals surface area contributed by atoms with Crippen LogP contribution in [0.3, 0.4) is 0 Å². The first-order valence-corrected chi connectivity index (χ1v) is 12.4. The van der Waals surface area contributed by atoms with Crippen LogP contribution in [-0.2, 0) is 11.2 Å². The number of hydrogen-bond donors (Lipinski definition) is 1. The molecule has 0 fully saturated rings. The maximum Gasteiger partial charge on any atom is 0.268 e. The third-order valence-electron chi connectivity index (χ3n) is 4.88. The minimum atomic E-state index is -0.589. The van der Waals surface area contributed by atoms with Crippen molar-refractivity contribution in [2.45, 2.75) is 27.2 Å². The van der Waals surface area contributed by atoms with Gasteiger partial charge in [-0.3, -0.25) is 10.1 Å². The molecule has 0 bridgehead atoms. The molecule has 1 amide bonds. The van der Waals surface area contributed by atoms with Crippen LogP contribution in [0.1, 0.15) is 30.0 Å². The third-order valence-corrected chi connectivity index (χ3v) is 6.02. The van der Waals surface area contributed by atoms with Gasteiger partial charge in [-0.15, -0.1) is 10.2 Å². The Labute approximate surface area is 219 Å². The van der Waals surface area contributed by atoms with E-state index in [1.165, 1.54) is 24.5 Å². The van der Waals surface area contributed by atoms with Gasteiger partial charge in [0.05, 0.1) is 12.1 Å². The normalized spacial score (nSPS) is 11.2. The Morgan fingerprint density at radius 1 is 1.19 bits per heavy atom. The van der Waals surface area contributed by atoms with Crippen LogP contribution < -0.4 is 19.5 Å². The number of benzene rings is 2. The van der Waals surface area contributed by atoms with Gasteiger partial charge in [-0.1, -0.05) is 55.0 Å². The molecule has 3 rings (SSSR count). The Hall–Kier alpha value is -3.61. The maximum atomic E-state index is 12.6. The van der Waals surface area contributed by atoms with Crippen LogP contribution in [0, 0.1) is 24.2 Å². The molecule has 2 aromatic carbocycles. The Kier molecular flexibility index (Phi) is 9.68. The highest BCUT2D eigenvalue weighted by molar-refractivity contribution is 7.15. The van der Waals surface area contributed by atoms with Gasteiger partial charge in [0.1, 0.15) is 35.6 Å². The number of carbonyl (C=O) groups excluding carboxylic acids is 1. The second kappa shape index (κ2) is 12.9. The van der Waals surface area contributed by atoms with E-state index in [9.17, 15) is 10.1 Å². The van der Waals surface area contributed by atoms with E-state index in [2.05, 4.69) is 29.4 Å². The van der Waals surface area contributed by atoms with Crippen LogP contribution in [0.4, 0.5) is 5.13 Å². The molecule has 0 aliphatic rings. The second-order valence-electron chi connectivity index (χ2n) is 8.22. The van der Waals surface area contributed by atoms with Crippen molar-refractivity contribution in [3.63, 3.8) is 0 Å². The van der Waals surface area contributed by atoms with Gasteiger partial charge < -0.3 is 14.2 Å². The summed E-state index contributed by atoms with van der Waals surface area (Å²) in [6.07, 6.45) is 2.18. The number of para-hydroxylation sites is 1. The smallest absolute Gasteiger partial charge is 0.268 e. The summed E-state index contributed by atoms with van der Waals surface area (Å²) in [5, 5.41) is 21.7. The molecule has 0 saturated heterocycles. The monoisotopic (exact) mass is 526 g/mol. The summed E-state index contributed by atoms with van der Waals surface area (Å²) < 4.78 is 17.0. The van der Waals surface area contributed by atoms with Crippen molar-refractivity contribution in [3.8, 4) is 23.3 Å². The first kappa shape index (κ1) is 27.0. The molecule has 0 aliphatic carbocycles. The van der Waals surface area contributed by atoms with Gasteiger partial charge in [0.2, 0.25) is 5.13 Å². The molecule has 0 atom stereocenters. The number of amides is 1. The Balaban J connectivity index is 1.68. The third kappa shape index (κ3) is 7.44. The minimum absolute atomic E-state index is 0.117. The molecule has 0 aliphatic heterocycles. The number of aryl methyl sites for hydroxylation is 1. The highest BCUT2D eigenvalue weighted by Gasteiger charge is 2.16. The summed E-state index contributed by atoms with van der Waals surface area (Å²) in [4.78, 5) is 12.6. The van der Waals surface area contributed by atoms with Crippen LogP contribution in [0.2, 0.25) is 5.02 Å². The summed E-state index contributed by atoms with van der Waals surface area (Å²) in [6.45, 7) is 6.67. The maximum absolute atomic E-state index is 12.6. The van der Waals surface area contributed by atoms with Gasteiger partial charge in [0, 0.05) is 6.42 Å². The summed E-state index contributed by atoms with van der Waals surface area (Å²) in [6, 6.07) is 12.9. The number of nitriles is 1. The fraction of sp³-hybridized carbons (Fsp3) is 0.308. The van der Waals surface area contributed by atoms with Gasteiger partial charge in [0.25, 0.3) is 5.91 Å². The molecule has 188 valence electrons. The van der Waals surface area contributed by atoms with Crippen molar-refractivity contribution in [1.29, 1.82) is 5.26 Å². The van der Waals surface area contributed by atoms with E-state index in [0.29, 0.717) is 34.7 Å². The van der Waals surface area contributed by atoms with E-state index in [1.54, 1.807) is 12.1 Å². The van der Waals surface area contributed by atoms with Gasteiger partial charge in [-0.05, 0) is 48.2 Å². The number of methoxy groups -OCH3 is 1. The highest BCUT2D eigenvalue weighted by Crippen LogP contribution is 2.37. The summed E-state index contributed by atoms with van der Waals surface area (Å²) in [5.74, 6) is 1.33. The number of ether oxygens (including phenoxy) is 3. The predicted octanol–water partition coefficient (Wildman–Crippen LogP) is 5.71. The fourth-order valence-corrected chi connectivity index (χ4v) is 4.41. The molecule has 10 heteroatoms. The fourth-order valence-electron chi connectivity index (χ4n) is 3.19. The standard InChI is InChI=1S/C26H27ClN4O4S/c1-16(2)11-23-30-31-26(36-23)29-25(32)19(15-28)12-18-13-20(27)24(22(14-18)33-4)35-10-9-34-21-8-6-5-7-17(21)3/h5-8,12-14,16H,9-11H2,1-4H3,(H,29,31,32)/b19-12-. The van der Waals surface area contributed by atoms with Crippen LogP contribution in [0.25, 0.3) is 6.08 Å². The number of nitrogens with one attached hydrogen (secondary N) is 1. The van der Waals surface area contributed by atoms with Crippen molar-refractivity contribution in [2.75, 3.05) is 25.6 Å². The number of anilines is 1. The molecule has 0 radical (unpaired) electrons. The second-order valence-corrected chi connectivity index (χ2v) is 9.69. The zero-order valence-electron chi connectivity index (χ0n) is 20.5. The molecule has 0 spiro atoms. The van der Waals surface area contributed by atoms with E-state index in [-0.39, 0.29) is 17.2 Å². The number of nitrogens with zero attached hydrogens (tertiary/aromatic N) is 3. The largest absolute Gasteiger partial charge is 0.493 e. The first-order valence-electron chi connectivity index (χ1n) is 11.2. The summed E-state index contributed by atoms with van der Waals surface area (Å²) in [5.41, 5.74) is 1.42. The van der Waals surface area contributed by atoms with E-state index in [0.717, 1.165) is 22.7 Å². The number of aromatic nitrogens is 2. The zero-order valence-corrected chi connectivity index (χ0v) is 22.1. The topological polar surface area (TPSA) is 106 Å². The highest BCUT2D eigenvalue weighted by atomic mass is 35.5. The number of rotatable bonds is 11. The summed E-state index contributed by atoms with van der Waals surface area (Å²) >= 11 is 7.72. The van der Waals surface area contributed by atoms with E-state index < -0.39 is 5.91 Å². The lowest BCUT2D eigenvalue weighted by Gasteiger charge is -2.14. The average Bonchev–Trinajstić information content (AvgIpc) is 3.27. The molecular weight excluding hydrogens is 500 g/mol. The van der Waals surface area contributed by atoms with E-state index in [1.807, 2.05) is 37.3 Å². The first-order chi connectivity index (χ1) is 17.3. The molecule has 1 aromatic heterocycles. The van der Waals surface area contributed by atoms with Crippen molar-refractivity contribution < 1.29 is 19.0 Å². The molecule has 36 heavy (non-hydrogen) atoms. The van der Waals surface area contributed by atoms with Crippen LogP contribution >= 0.6 is 22.9 Å². The lowest BCUT2D eigenvalue weighted by atomic mass is 10.1. The predicted molar refractivity (Wildman–Crippen MR) is 141 cm³/mol. The molecule has 8 nitrogen and oxygen atoms in total. The van der Waals surface area contributed by atoms with Gasteiger partial charge in [-0.25, -0.2) is 0 Å².